The molecule has 1 N–H and O–H groups in total. The van der Waals surface area contributed by atoms with Gasteiger partial charge in [0, 0.05) is 6.92 Å². The van der Waals surface area contributed by atoms with Crippen LogP contribution >= 0.6 is 0 Å². The standard InChI is InChI=1S/C4H6O2.C2HNO2/c1-3-6-4(2)5;3-1-2(4)5/h3H,1H2,2H3;(H,4,5). The maximum atomic E-state index is 9.75. The first kappa shape index (κ1) is 11.9. The van der Waals surface area contributed by atoms with E-state index in [-0.39, 0.29) is 5.97 Å². The lowest BCUT2D eigenvalue weighted by atomic mass is 10.8. The van der Waals surface area contributed by atoms with E-state index in [1.807, 2.05) is 0 Å². The van der Waals surface area contributed by atoms with Gasteiger partial charge in [0.1, 0.15) is 0 Å². The molecule has 11 heavy (non-hydrogen) atoms. The van der Waals surface area contributed by atoms with Crippen molar-refractivity contribution >= 4 is 11.9 Å². The minimum atomic E-state index is -1.44. The van der Waals surface area contributed by atoms with Crippen LogP contribution < -0.4 is 0 Å². The fourth-order valence-electron chi connectivity index (χ4n) is 0.117. The fraction of sp³-hybridized carbons (Fsp3) is 0.167. The monoisotopic (exact) mass is 157 g/mol. The van der Waals surface area contributed by atoms with Gasteiger partial charge in [-0.25, -0.2) is 4.79 Å². The fourth-order valence-corrected chi connectivity index (χ4v) is 0.117. The Kier molecular flexibility index (Phi) is 8.84. The number of nitriles is 1. The number of hydrogen-bond acceptors (Lipinski definition) is 4. The van der Waals surface area contributed by atoms with E-state index in [0.717, 1.165) is 12.3 Å². The van der Waals surface area contributed by atoms with E-state index >= 15 is 0 Å². The Balaban J connectivity index is 0. The number of hydrogen-bond donors (Lipinski definition) is 1. The quantitative estimate of drug-likeness (QED) is 0.256. The molecule has 0 saturated heterocycles. The summed E-state index contributed by atoms with van der Waals surface area (Å²) >= 11 is 0. The van der Waals surface area contributed by atoms with E-state index < -0.39 is 5.97 Å². The van der Waals surface area contributed by atoms with Gasteiger partial charge in [-0.15, -0.1) is 0 Å². The van der Waals surface area contributed by atoms with Gasteiger partial charge in [0.05, 0.1) is 6.26 Å². The third-order valence-electron chi connectivity index (χ3n) is 0.345. The van der Waals surface area contributed by atoms with Crippen molar-refractivity contribution in [2.24, 2.45) is 0 Å². The van der Waals surface area contributed by atoms with Crippen LogP contribution in [0.3, 0.4) is 0 Å². The SMILES string of the molecule is C=COC(C)=O.N#CC(=O)O. The number of carbonyl (C=O) groups excluding carboxylic acids is 1. The van der Waals surface area contributed by atoms with Gasteiger partial charge in [-0.05, 0) is 0 Å². The summed E-state index contributed by atoms with van der Waals surface area (Å²) in [7, 11) is 0. The second kappa shape index (κ2) is 8.17. The van der Waals surface area contributed by atoms with Crippen LogP contribution in [0.15, 0.2) is 12.8 Å². The number of carboxylic acid groups (broad SMARTS) is 1. The van der Waals surface area contributed by atoms with E-state index in [2.05, 4.69) is 11.3 Å². The molecule has 5 nitrogen and oxygen atoms in total. The number of carbonyl (C=O) groups is 2. The summed E-state index contributed by atoms with van der Waals surface area (Å²) in [5, 5.41) is 14.7. The third kappa shape index (κ3) is 31.0. The van der Waals surface area contributed by atoms with Crippen molar-refractivity contribution in [3.8, 4) is 6.07 Å². The second-order valence-electron chi connectivity index (χ2n) is 1.19. The van der Waals surface area contributed by atoms with E-state index in [1.165, 1.54) is 6.92 Å². The maximum absolute atomic E-state index is 9.75. The number of nitrogens with zero attached hydrogens (tertiary/aromatic N) is 1. The van der Waals surface area contributed by atoms with E-state index in [1.54, 1.807) is 0 Å². The first-order valence-electron chi connectivity index (χ1n) is 2.45. The minimum Gasteiger partial charge on any atom is -0.470 e. The van der Waals surface area contributed by atoms with Crippen LogP contribution in [-0.4, -0.2) is 17.0 Å². The van der Waals surface area contributed by atoms with Crippen LogP contribution in [0.4, 0.5) is 0 Å². The van der Waals surface area contributed by atoms with Crippen LogP contribution in [0.25, 0.3) is 0 Å². The maximum Gasteiger partial charge on any atom is 0.408 e. The molecule has 0 aromatic heterocycles. The normalized spacial score (nSPS) is 6.18. The summed E-state index contributed by atoms with van der Waals surface area (Å²) in [6.45, 7) is 4.48. The molecule has 0 radical (unpaired) electrons. The summed E-state index contributed by atoms with van der Waals surface area (Å²) in [5.41, 5.74) is 0. The lowest BCUT2D eigenvalue weighted by Crippen LogP contribution is -1.87. The van der Waals surface area contributed by atoms with E-state index in [0.29, 0.717) is 0 Å². The number of carboxylic acids is 1. The number of rotatable bonds is 1. The first-order chi connectivity index (χ1) is 5.04. The van der Waals surface area contributed by atoms with Crippen LogP contribution in [0.2, 0.25) is 0 Å². The molecule has 0 atom stereocenters. The zero-order valence-electron chi connectivity index (χ0n) is 5.90. The average molecular weight is 157 g/mol. The molecular weight excluding hydrogens is 150 g/mol. The van der Waals surface area contributed by atoms with Crippen molar-refractivity contribution in [2.75, 3.05) is 0 Å². The van der Waals surface area contributed by atoms with Crippen molar-refractivity contribution in [1.82, 2.24) is 0 Å². The Hall–Kier alpha value is -1.83. The molecule has 0 bridgehead atoms. The van der Waals surface area contributed by atoms with Gasteiger partial charge in [0.2, 0.25) is 0 Å². The first-order valence-corrected chi connectivity index (χ1v) is 2.45. The average Bonchev–Trinajstić information content (AvgIpc) is 1.89. The second-order valence-corrected chi connectivity index (χ2v) is 1.19. The highest BCUT2D eigenvalue weighted by Crippen LogP contribution is 1.70. The van der Waals surface area contributed by atoms with Crippen molar-refractivity contribution < 1.29 is 19.4 Å². The molecule has 0 unspecified atom stereocenters. The van der Waals surface area contributed by atoms with E-state index in [9.17, 15) is 4.79 Å². The Bertz CT molecular complexity index is 191. The molecule has 0 amide bonds. The molecular formula is C6H7NO4. The predicted molar refractivity (Wildman–Crippen MR) is 35.2 cm³/mol. The molecule has 60 valence electrons. The van der Waals surface area contributed by atoms with Crippen LogP contribution in [0.5, 0.6) is 0 Å². The number of ether oxygens (including phenoxy) is 1. The summed E-state index contributed by atoms with van der Waals surface area (Å²) < 4.78 is 4.17. The van der Waals surface area contributed by atoms with Gasteiger partial charge >= 0.3 is 11.9 Å². The summed E-state index contributed by atoms with van der Waals surface area (Å²) in [6, 6.07) is 0.944. The van der Waals surface area contributed by atoms with Crippen molar-refractivity contribution in [1.29, 1.82) is 5.26 Å². The Morgan fingerprint density at radius 3 is 2.09 bits per heavy atom. The van der Waals surface area contributed by atoms with Gasteiger partial charge in [0.15, 0.2) is 6.07 Å². The van der Waals surface area contributed by atoms with Crippen LogP contribution in [0, 0.1) is 11.3 Å². The number of aliphatic carboxylic acids is 1. The molecule has 0 fully saturated rings. The van der Waals surface area contributed by atoms with Crippen LogP contribution in [0.1, 0.15) is 6.92 Å². The van der Waals surface area contributed by atoms with Gasteiger partial charge in [-0.3, -0.25) is 4.79 Å². The van der Waals surface area contributed by atoms with Crippen LogP contribution in [-0.2, 0) is 14.3 Å². The largest absolute Gasteiger partial charge is 0.470 e. The smallest absolute Gasteiger partial charge is 0.408 e. The highest BCUT2D eigenvalue weighted by atomic mass is 16.5. The van der Waals surface area contributed by atoms with Gasteiger partial charge in [-0.1, -0.05) is 6.58 Å². The third-order valence-corrected chi connectivity index (χ3v) is 0.345. The van der Waals surface area contributed by atoms with Gasteiger partial charge < -0.3 is 9.84 Å². The Morgan fingerprint density at radius 1 is 1.73 bits per heavy atom. The number of esters is 1. The van der Waals surface area contributed by atoms with Gasteiger partial charge in [-0.2, -0.15) is 5.26 Å². The predicted octanol–water partition coefficient (Wildman–Crippen LogP) is 0.288. The van der Waals surface area contributed by atoms with Gasteiger partial charge in [0.25, 0.3) is 0 Å². The zero-order chi connectivity index (χ0) is 9.28. The topological polar surface area (TPSA) is 87.4 Å². The summed E-state index contributed by atoms with van der Waals surface area (Å²) in [6.07, 6.45) is 1.10. The molecule has 0 aromatic rings. The lowest BCUT2D eigenvalue weighted by Gasteiger charge is -1.83. The van der Waals surface area contributed by atoms with Crippen molar-refractivity contribution in [3.63, 3.8) is 0 Å². The Morgan fingerprint density at radius 2 is 2.09 bits per heavy atom. The molecule has 0 spiro atoms. The Labute approximate surface area is 63.5 Å². The molecule has 0 aliphatic carbocycles. The highest BCUT2D eigenvalue weighted by molar-refractivity contribution is 5.83. The molecule has 0 heterocycles. The van der Waals surface area contributed by atoms with Crippen molar-refractivity contribution in [2.45, 2.75) is 6.92 Å². The molecule has 0 aliphatic heterocycles. The molecule has 0 aliphatic rings. The molecule has 0 aromatic carbocycles. The zero-order valence-corrected chi connectivity index (χ0v) is 5.90. The summed E-state index contributed by atoms with van der Waals surface area (Å²) in [4.78, 5) is 18.8. The van der Waals surface area contributed by atoms with Crippen molar-refractivity contribution in [3.05, 3.63) is 12.8 Å². The van der Waals surface area contributed by atoms with E-state index in [4.69, 9.17) is 15.2 Å². The summed E-state index contributed by atoms with van der Waals surface area (Å²) in [5.74, 6) is -1.77. The lowest BCUT2D eigenvalue weighted by molar-refractivity contribution is -0.135. The molecule has 5 heteroatoms. The highest BCUT2D eigenvalue weighted by Gasteiger charge is 1.79. The molecule has 0 saturated carbocycles. The minimum absolute atomic E-state index is 0.329. The molecule has 0 rings (SSSR count).